The monoisotopic (exact) mass is 282 g/mol. The summed E-state index contributed by atoms with van der Waals surface area (Å²) in [5.74, 6) is 0.835. The molecule has 0 aromatic carbocycles. The Kier molecular flexibility index (Phi) is 3.49. The van der Waals surface area contributed by atoms with E-state index in [9.17, 15) is 0 Å². The van der Waals surface area contributed by atoms with Crippen LogP contribution in [0.4, 0.5) is 5.13 Å². The van der Waals surface area contributed by atoms with Crippen molar-refractivity contribution in [3.8, 4) is 0 Å². The number of nitrogens with one attached hydrogen (secondary N) is 1. The molecular formula is C13H22N4OS. The first-order valence-corrected chi connectivity index (χ1v) is 7.76. The van der Waals surface area contributed by atoms with Crippen LogP contribution in [0.1, 0.15) is 45.5 Å². The lowest BCUT2D eigenvalue weighted by atomic mass is 10.1. The molecule has 0 aliphatic carbocycles. The van der Waals surface area contributed by atoms with Gasteiger partial charge >= 0.3 is 0 Å². The van der Waals surface area contributed by atoms with Gasteiger partial charge in [0.25, 0.3) is 0 Å². The number of hydrogen-bond acceptors (Lipinski definition) is 6. The molecule has 1 aromatic heterocycles. The van der Waals surface area contributed by atoms with E-state index in [0.29, 0.717) is 6.04 Å². The number of anilines is 1. The van der Waals surface area contributed by atoms with Crippen LogP contribution >= 0.6 is 11.5 Å². The maximum absolute atomic E-state index is 5.93. The molecule has 19 heavy (non-hydrogen) atoms. The van der Waals surface area contributed by atoms with Gasteiger partial charge in [0.1, 0.15) is 6.10 Å². The second-order valence-electron chi connectivity index (χ2n) is 6.45. The average Bonchev–Trinajstić information content (AvgIpc) is 2.93. The van der Waals surface area contributed by atoms with Crippen molar-refractivity contribution in [1.82, 2.24) is 14.3 Å². The van der Waals surface area contributed by atoms with Gasteiger partial charge < -0.3 is 10.1 Å². The molecule has 0 spiro atoms. The van der Waals surface area contributed by atoms with Gasteiger partial charge in [0.15, 0.2) is 5.82 Å². The summed E-state index contributed by atoms with van der Waals surface area (Å²) in [5.41, 5.74) is 0.0181. The van der Waals surface area contributed by atoms with E-state index in [1.165, 1.54) is 30.9 Å². The molecule has 3 heterocycles. The predicted octanol–water partition coefficient (Wildman–Crippen LogP) is 2.28. The van der Waals surface area contributed by atoms with Gasteiger partial charge in [0, 0.05) is 29.7 Å². The molecule has 2 aliphatic heterocycles. The number of nitrogens with zero attached hydrogens (tertiary/aromatic N) is 3. The van der Waals surface area contributed by atoms with E-state index in [4.69, 9.17) is 4.74 Å². The van der Waals surface area contributed by atoms with E-state index in [1.807, 2.05) is 0 Å². The fourth-order valence-electron chi connectivity index (χ4n) is 2.71. The lowest BCUT2D eigenvalue weighted by Gasteiger charge is -2.33. The zero-order valence-corrected chi connectivity index (χ0v) is 12.7. The number of hydrogen-bond donors (Lipinski definition) is 1. The van der Waals surface area contributed by atoms with E-state index in [1.54, 1.807) is 0 Å². The van der Waals surface area contributed by atoms with Crippen molar-refractivity contribution in [3.63, 3.8) is 0 Å². The van der Waals surface area contributed by atoms with Gasteiger partial charge in [0.05, 0.1) is 6.61 Å². The maximum atomic E-state index is 5.93. The highest BCUT2D eigenvalue weighted by Crippen LogP contribution is 2.30. The first-order chi connectivity index (χ1) is 9.01. The van der Waals surface area contributed by atoms with Crippen molar-refractivity contribution >= 4 is 16.7 Å². The predicted molar refractivity (Wildman–Crippen MR) is 76.6 cm³/mol. The van der Waals surface area contributed by atoms with Crippen LogP contribution in [-0.2, 0) is 4.74 Å². The fourth-order valence-corrected chi connectivity index (χ4v) is 3.54. The molecule has 6 heteroatoms. The third kappa shape index (κ3) is 3.07. The average molecular weight is 282 g/mol. The van der Waals surface area contributed by atoms with Gasteiger partial charge in [0.2, 0.25) is 5.13 Å². The molecule has 2 saturated heterocycles. The second-order valence-corrected chi connectivity index (χ2v) is 7.20. The lowest BCUT2D eigenvalue weighted by Crippen LogP contribution is -2.42. The smallest absolute Gasteiger partial charge is 0.203 e. The zero-order valence-electron chi connectivity index (χ0n) is 11.8. The molecule has 0 amide bonds. The minimum absolute atomic E-state index is 0.0181. The lowest BCUT2D eigenvalue weighted by molar-refractivity contribution is -0.0535. The summed E-state index contributed by atoms with van der Waals surface area (Å²) in [6.07, 6.45) is 2.61. The van der Waals surface area contributed by atoms with Crippen LogP contribution in [0, 0.1) is 0 Å². The molecule has 2 fully saturated rings. The van der Waals surface area contributed by atoms with Crippen molar-refractivity contribution in [1.29, 1.82) is 0 Å². The number of rotatable bonds is 2. The Bertz CT molecular complexity index is 442. The third-order valence-corrected chi connectivity index (χ3v) is 4.25. The van der Waals surface area contributed by atoms with Gasteiger partial charge in [-0.3, -0.25) is 4.90 Å². The van der Waals surface area contributed by atoms with Crippen molar-refractivity contribution in [2.45, 2.75) is 51.3 Å². The Balaban J connectivity index is 1.66. The number of aromatic nitrogens is 2. The van der Waals surface area contributed by atoms with Crippen LogP contribution in [0.15, 0.2) is 0 Å². The van der Waals surface area contributed by atoms with E-state index >= 15 is 0 Å². The first kappa shape index (κ1) is 13.3. The standard InChI is InChI=1S/C13H22N4OS/c1-13(2,3)15-12-14-11(16-19-12)10-7-17-6-4-5-9(17)8-18-10/h9-10H,4-8H2,1-3H3,(H,14,15,16). The Morgan fingerprint density at radius 2 is 2.26 bits per heavy atom. The summed E-state index contributed by atoms with van der Waals surface area (Å²) in [7, 11) is 0. The van der Waals surface area contributed by atoms with Crippen LogP contribution in [0.5, 0.6) is 0 Å². The van der Waals surface area contributed by atoms with E-state index in [0.717, 1.165) is 24.1 Å². The highest BCUT2D eigenvalue weighted by atomic mass is 32.1. The molecule has 1 N–H and O–H groups in total. The topological polar surface area (TPSA) is 50.3 Å². The molecule has 0 radical (unpaired) electrons. The minimum Gasteiger partial charge on any atom is -0.367 e. The van der Waals surface area contributed by atoms with E-state index in [-0.39, 0.29) is 11.6 Å². The molecule has 2 atom stereocenters. The number of fused-ring (bicyclic) bond motifs is 1. The quantitative estimate of drug-likeness (QED) is 0.902. The fraction of sp³-hybridized carbons (Fsp3) is 0.846. The molecule has 106 valence electrons. The summed E-state index contributed by atoms with van der Waals surface area (Å²) in [4.78, 5) is 7.10. The Hall–Kier alpha value is -0.720. The van der Waals surface area contributed by atoms with E-state index < -0.39 is 0 Å². The van der Waals surface area contributed by atoms with Crippen LogP contribution < -0.4 is 5.32 Å². The summed E-state index contributed by atoms with van der Waals surface area (Å²) in [6.45, 7) is 9.34. The van der Waals surface area contributed by atoms with Crippen LogP contribution in [0.3, 0.4) is 0 Å². The van der Waals surface area contributed by atoms with Crippen molar-refractivity contribution in [2.24, 2.45) is 0 Å². The highest BCUT2D eigenvalue weighted by molar-refractivity contribution is 7.09. The molecule has 0 saturated carbocycles. The normalized spacial score (nSPS) is 28.4. The molecule has 3 rings (SSSR count). The van der Waals surface area contributed by atoms with Crippen LogP contribution in [-0.4, -0.2) is 45.5 Å². The summed E-state index contributed by atoms with van der Waals surface area (Å²) in [5, 5.41) is 4.25. The maximum Gasteiger partial charge on any atom is 0.203 e. The number of morpholine rings is 1. The molecule has 2 aliphatic rings. The van der Waals surface area contributed by atoms with Gasteiger partial charge in [-0.05, 0) is 40.2 Å². The third-order valence-electron chi connectivity index (χ3n) is 3.60. The molecule has 5 nitrogen and oxygen atoms in total. The van der Waals surface area contributed by atoms with Crippen LogP contribution in [0.25, 0.3) is 0 Å². The second kappa shape index (κ2) is 5.00. The summed E-state index contributed by atoms with van der Waals surface area (Å²) in [6, 6.07) is 0.627. The van der Waals surface area contributed by atoms with Crippen molar-refractivity contribution < 1.29 is 4.74 Å². The highest BCUT2D eigenvalue weighted by Gasteiger charge is 2.34. The van der Waals surface area contributed by atoms with E-state index in [2.05, 4.69) is 40.3 Å². The van der Waals surface area contributed by atoms with Gasteiger partial charge in [-0.25, -0.2) is 4.98 Å². The largest absolute Gasteiger partial charge is 0.367 e. The molecule has 0 bridgehead atoms. The van der Waals surface area contributed by atoms with Crippen molar-refractivity contribution in [3.05, 3.63) is 5.82 Å². The Morgan fingerprint density at radius 1 is 1.42 bits per heavy atom. The summed E-state index contributed by atoms with van der Waals surface area (Å²) < 4.78 is 10.4. The van der Waals surface area contributed by atoms with Crippen molar-refractivity contribution in [2.75, 3.05) is 25.0 Å². The Labute approximate surface area is 118 Å². The van der Waals surface area contributed by atoms with Gasteiger partial charge in [-0.15, -0.1) is 0 Å². The summed E-state index contributed by atoms with van der Waals surface area (Å²) >= 11 is 1.42. The van der Waals surface area contributed by atoms with Crippen LogP contribution in [0.2, 0.25) is 0 Å². The minimum atomic E-state index is 0.0181. The molecule has 2 unspecified atom stereocenters. The first-order valence-electron chi connectivity index (χ1n) is 6.99. The Morgan fingerprint density at radius 3 is 3.05 bits per heavy atom. The number of ether oxygens (including phenoxy) is 1. The SMILES string of the molecule is CC(C)(C)Nc1nc(C2CN3CCCC3CO2)ns1. The molecule has 1 aromatic rings. The molecular weight excluding hydrogens is 260 g/mol. The van der Waals surface area contributed by atoms with Gasteiger partial charge in [-0.1, -0.05) is 0 Å². The zero-order chi connectivity index (χ0) is 13.5. The van der Waals surface area contributed by atoms with Gasteiger partial charge in [-0.2, -0.15) is 4.37 Å².